The van der Waals surface area contributed by atoms with Crippen molar-refractivity contribution in [3.63, 3.8) is 0 Å². The predicted molar refractivity (Wildman–Crippen MR) is 68.2 cm³/mol. The summed E-state index contributed by atoms with van der Waals surface area (Å²) in [5.41, 5.74) is 0.875. The van der Waals surface area contributed by atoms with Crippen LogP contribution in [0.3, 0.4) is 0 Å². The van der Waals surface area contributed by atoms with Crippen molar-refractivity contribution in [2.45, 2.75) is 6.10 Å². The summed E-state index contributed by atoms with van der Waals surface area (Å²) in [7, 11) is -1.79. The quantitative estimate of drug-likeness (QED) is 0.759. The van der Waals surface area contributed by atoms with Gasteiger partial charge in [-0.3, -0.25) is 4.79 Å². The van der Waals surface area contributed by atoms with E-state index in [0.29, 0.717) is 6.54 Å². The van der Waals surface area contributed by atoms with Gasteiger partial charge in [0.15, 0.2) is 0 Å². The number of hydrogen-bond donors (Lipinski definition) is 0. The molecule has 0 spiro atoms. The molecule has 0 bridgehead atoms. The van der Waals surface area contributed by atoms with Crippen molar-refractivity contribution in [3.05, 3.63) is 29.8 Å². The Morgan fingerprint density at radius 3 is 2.47 bits per heavy atom. The Bertz CT molecular complexity index is 566. The first kappa shape index (κ1) is 13.8. The average molecular weight is 285 g/mol. The molecule has 7 heteroatoms. The molecule has 0 saturated carbocycles. The topological polar surface area (TPSA) is 72.9 Å². The molecule has 6 nitrogen and oxygen atoms in total. The van der Waals surface area contributed by atoms with Crippen LogP contribution in [0, 0.1) is 0 Å². The fourth-order valence-corrected chi connectivity index (χ4v) is 2.26. The van der Waals surface area contributed by atoms with E-state index in [0.717, 1.165) is 11.8 Å². The first-order valence-corrected chi connectivity index (χ1v) is 7.52. The molecule has 1 aromatic rings. The van der Waals surface area contributed by atoms with Gasteiger partial charge in [-0.2, -0.15) is 8.42 Å². The molecule has 0 N–H and O–H groups in total. The maximum absolute atomic E-state index is 11.3. The summed E-state index contributed by atoms with van der Waals surface area (Å²) in [5, 5.41) is 0. The highest BCUT2D eigenvalue weighted by Gasteiger charge is 2.24. The minimum absolute atomic E-state index is 0.0479. The zero-order valence-corrected chi connectivity index (χ0v) is 11.5. The molecule has 1 aliphatic rings. The molecule has 2 rings (SSSR count). The Morgan fingerprint density at radius 2 is 1.95 bits per heavy atom. The number of rotatable bonds is 3. The lowest BCUT2D eigenvalue weighted by atomic mass is 10.1. The minimum atomic E-state index is -3.52. The number of likely N-dealkylation sites (N-methyl/N-ethyl adjacent to an activating group) is 1. The van der Waals surface area contributed by atoms with Crippen molar-refractivity contribution < 1.29 is 22.1 Å². The molecule has 1 aromatic carbocycles. The monoisotopic (exact) mass is 285 g/mol. The zero-order chi connectivity index (χ0) is 14.0. The third kappa shape index (κ3) is 3.68. The van der Waals surface area contributed by atoms with Crippen LogP contribution in [0.4, 0.5) is 0 Å². The molecule has 0 radical (unpaired) electrons. The molecule has 1 heterocycles. The van der Waals surface area contributed by atoms with Crippen LogP contribution < -0.4 is 4.18 Å². The molecular weight excluding hydrogens is 270 g/mol. The molecule has 1 aliphatic heterocycles. The number of carbonyl (C=O) groups excluding carboxylic acids is 1. The van der Waals surface area contributed by atoms with E-state index in [4.69, 9.17) is 8.92 Å². The minimum Gasteiger partial charge on any atom is -0.383 e. The van der Waals surface area contributed by atoms with Crippen LogP contribution in [-0.2, 0) is 19.6 Å². The van der Waals surface area contributed by atoms with Gasteiger partial charge in [-0.25, -0.2) is 0 Å². The second kappa shape index (κ2) is 5.18. The third-order valence-electron chi connectivity index (χ3n) is 2.77. The van der Waals surface area contributed by atoms with Gasteiger partial charge in [0.2, 0.25) is 5.91 Å². The van der Waals surface area contributed by atoms with E-state index in [2.05, 4.69) is 0 Å². The number of carbonyl (C=O) groups is 1. The smallest absolute Gasteiger partial charge is 0.306 e. The normalized spacial score (nSPS) is 20.4. The summed E-state index contributed by atoms with van der Waals surface area (Å²) in [6, 6.07) is 6.59. The van der Waals surface area contributed by atoms with Crippen molar-refractivity contribution in [2.75, 3.05) is 26.5 Å². The Kier molecular flexibility index (Phi) is 3.77. The lowest BCUT2D eigenvalue weighted by Crippen LogP contribution is -2.40. The first-order chi connectivity index (χ1) is 8.85. The van der Waals surface area contributed by atoms with Gasteiger partial charge in [-0.1, -0.05) is 12.1 Å². The largest absolute Gasteiger partial charge is 0.383 e. The molecule has 1 saturated heterocycles. The Morgan fingerprint density at radius 1 is 1.32 bits per heavy atom. The molecule has 104 valence electrons. The molecule has 1 amide bonds. The molecule has 0 unspecified atom stereocenters. The summed E-state index contributed by atoms with van der Waals surface area (Å²) in [4.78, 5) is 12.9. The van der Waals surface area contributed by atoms with Crippen LogP contribution >= 0.6 is 0 Å². The van der Waals surface area contributed by atoms with E-state index in [1.165, 1.54) is 0 Å². The Hall–Kier alpha value is -1.60. The van der Waals surface area contributed by atoms with Crippen molar-refractivity contribution in [3.8, 4) is 5.75 Å². The van der Waals surface area contributed by atoms with Crippen LogP contribution in [0.25, 0.3) is 0 Å². The summed E-state index contributed by atoms with van der Waals surface area (Å²) < 4.78 is 32.1. The predicted octanol–water partition coefficient (Wildman–Crippen LogP) is 0.555. The molecule has 1 atom stereocenters. The van der Waals surface area contributed by atoms with Gasteiger partial charge in [-0.05, 0) is 17.7 Å². The Balaban J connectivity index is 2.08. The van der Waals surface area contributed by atoms with Crippen molar-refractivity contribution >= 4 is 16.0 Å². The fourth-order valence-electron chi connectivity index (χ4n) is 1.80. The van der Waals surface area contributed by atoms with Crippen LogP contribution in [0.2, 0.25) is 0 Å². The van der Waals surface area contributed by atoms with Crippen molar-refractivity contribution in [1.29, 1.82) is 0 Å². The number of ether oxygens (including phenoxy) is 1. The van der Waals surface area contributed by atoms with Gasteiger partial charge in [0, 0.05) is 7.05 Å². The van der Waals surface area contributed by atoms with Gasteiger partial charge in [-0.15, -0.1) is 0 Å². The van der Waals surface area contributed by atoms with Crippen LogP contribution in [-0.4, -0.2) is 45.7 Å². The van der Waals surface area contributed by atoms with Gasteiger partial charge >= 0.3 is 10.1 Å². The second-order valence-electron chi connectivity index (χ2n) is 4.43. The lowest BCUT2D eigenvalue weighted by molar-refractivity contribution is -0.147. The highest BCUT2D eigenvalue weighted by atomic mass is 32.2. The van der Waals surface area contributed by atoms with Crippen molar-refractivity contribution in [2.24, 2.45) is 0 Å². The maximum atomic E-state index is 11.3. The van der Waals surface area contributed by atoms with Gasteiger partial charge in [0.1, 0.15) is 18.5 Å². The molecule has 19 heavy (non-hydrogen) atoms. The average Bonchev–Trinajstić information content (AvgIpc) is 2.32. The standard InChI is InChI=1S/C12H15NO5S/c1-13-7-11(17-8-12(13)14)9-3-5-10(6-4-9)18-19(2,15)16/h3-6,11H,7-8H2,1-2H3/t11-/m0/s1. The van der Waals surface area contributed by atoms with E-state index in [1.54, 1.807) is 36.2 Å². The van der Waals surface area contributed by atoms with E-state index < -0.39 is 10.1 Å². The lowest BCUT2D eigenvalue weighted by Gasteiger charge is -2.30. The summed E-state index contributed by atoms with van der Waals surface area (Å²) in [6.45, 7) is 0.536. The molecular formula is C12H15NO5S. The summed E-state index contributed by atoms with van der Waals surface area (Å²) >= 11 is 0. The second-order valence-corrected chi connectivity index (χ2v) is 6.01. The number of morpholine rings is 1. The summed E-state index contributed by atoms with van der Waals surface area (Å²) in [6.07, 6.45) is 0.793. The Labute approximate surface area is 112 Å². The SMILES string of the molecule is CN1C[C@@H](c2ccc(OS(C)(=O)=O)cc2)OCC1=O. The molecule has 1 fully saturated rings. The van der Waals surface area contributed by atoms with Gasteiger partial charge in [0.05, 0.1) is 12.8 Å². The van der Waals surface area contributed by atoms with Gasteiger partial charge in [0.25, 0.3) is 0 Å². The van der Waals surface area contributed by atoms with Crippen LogP contribution in [0.1, 0.15) is 11.7 Å². The highest BCUT2D eigenvalue weighted by molar-refractivity contribution is 7.86. The number of hydrogen-bond acceptors (Lipinski definition) is 5. The number of benzene rings is 1. The van der Waals surface area contributed by atoms with E-state index >= 15 is 0 Å². The molecule has 0 aliphatic carbocycles. The van der Waals surface area contributed by atoms with E-state index in [9.17, 15) is 13.2 Å². The zero-order valence-electron chi connectivity index (χ0n) is 10.7. The van der Waals surface area contributed by atoms with E-state index in [-0.39, 0.29) is 24.4 Å². The number of amides is 1. The maximum Gasteiger partial charge on any atom is 0.306 e. The van der Waals surface area contributed by atoms with Crippen LogP contribution in [0.15, 0.2) is 24.3 Å². The number of nitrogens with zero attached hydrogens (tertiary/aromatic N) is 1. The van der Waals surface area contributed by atoms with Gasteiger partial charge < -0.3 is 13.8 Å². The fraction of sp³-hybridized carbons (Fsp3) is 0.417. The first-order valence-electron chi connectivity index (χ1n) is 5.70. The van der Waals surface area contributed by atoms with E-state index in [1.807, 2.05) is 0 Å². The third-order valence-corrected chi connectivity index (χ3v) is 3.27. The molecule has 0 aromatic heterocycles. The van der Waals surface area contributed by atoms with Crippen LogP contribution in [0.5, 0.6) is 5.75 Å². The van der Waals surface area contributed by atoms with Crippen molar-refractivity contribution in [1.82, 2.24) is 4.90 Å². The highest BCUT2D eigenvalue weighted by Crippen LogP contribution is 2.24. The summed E-state index contributed by atoms with van der Waals surface area (Å²) in [5.74, 6) is 0.208.